The monoisotopic (exact) mass is 369 g/mol. The number of hydrazone groups is 1. The third-order valence-electron chi connectivity index (χ3n) is 3.46. The lowest BCUT2D eigenvalue weighted by Gasteiger charge is -2.06. The summed E-state index contributed by atoms with van der Waals surface area (Å²) in [7, 11) is 0. The number of aromatic nitrogens is 3. The van der Waals surface area contributed by atoms with E-state index in [4.69, 9.17) is 16.3 Å². The van der Waals surface area contributed by atoms with E-state index in [9.17, 15) is 4.79 Å². The Bertz CT molecular complexity index is 953. The van der Waals surface area contributed by atoms with E-state index < -0.39 is 5.69 Å². The lowest BCUT2D eigenvalue weighted by atomic mass is 10.2. The molecule has 3 rings (SSSR count). The number of aromatic amines is 1. The largest absolute Gasteiger partial charge is 0.489 e. The molecule has 1 heterocycles. The van der Waals surface area contributed by atoms with Crippen molar-refractivity contribution in [2.45, 2.75) is 13.5 Å². The summed E-state index contributed by atoms with van der Waals surface area (Å²) < 4.78 is 5.73. The van der Waals surface area contributed by atoms with Crippen LogP contribution in [0.2, 0.25) is 5.02 Å². The molecule has 0 bridgehead atoms. The van der Waals surface area contributed by atoms with Crippen LogP contribution in [0.15, 0.2) is 58.4 Å². The van der Waals surface area contributed by atoms with E-state index >= 15 is 0 Å². The molecule has 0 aliphatic rings. The van der Waals surface area contributed by atoms with E-state index in [2.05, 4.69) is 25.7 Å². The van der Waals surface area contributed by atoms with Crippen molar-refractivity contribution in [3.05, 3.63) is 80.9 Å². The average Bonchev–Trinajstić information content (AvgIpc) is 2.65. The number of anilines is 1. The Morgan fingerprint density at radius 1 is 1.19 bits per heavy atom. The van der Waals surface area contributed by atoms with Crippen LogP contribution >= 0.6 is 11.6 Å². The molecule has 0 aliphatic heterocycles. The molecular formula is C18H16ClN5O2. The highest BCUT2D eigenvalue weighted by Crippen LogP contribution is 2.15. The summed E-state index contributed by atoms with van der Waals surface area (Å²) in [4.78, 5) is 14.9. The van der Waals surface area contributed by atoms with Gasteiger partial charge in [0.2, 0.25) is 0 Å². The van der Waals surface area contributed by atoms with Gasteiger partial charge in [-0.05, 0) is 54.4 Å². The number of H-pyrrole nitrogens is 1. The number of ether oxygens (including phenoxy) is 1. The van der Waals surface area contributed by atoms with Gasteiger partial charge in [-0.1, -0.05) is 23.7 Å². The molecule has 26 heavy (non-hydrogen) atoms. The molecule has 0 unspecified atom stereocenters. The Labute approximate surface area is 154 Å². The minimum absolute atomic E-state index is 0.313. The molecule has 3 aromatic rings. The summed E-state index contributed by atoms with van der Waals surface area (Å²) >= 11 is 5.86. The minimum atomic E-state index is -0.532. The second-order valence-electron chi connectivity index (χ2n) is 5.43. The maximum atomic E-state index is 11.2. The molecule has 0 saturated carbocycles. The Hall–Kier alpha value is -3.19. The Morgan fingerprint density at radius 2 is 1.92 bits per heavy atom. The molecule has 0 spiro atoms. The lowest BCUT2D eigenvalue weighted by Crippen LogP contribution is -2.15. The summed E-state index contributed by atoms with van der Waals surface area (Å²) in [5.41, 5.74) is 4.63. The first kappa shape index (κ1) is 17.6. The first-order valence-electron chi connectivity index (χ1n) is 7.80. The van der Waals surface area contributed by atoms with Crippen LogP contribution in [-0.4, -0.2) is 21.4 Å². The van der Waals surface area contributed by atoms with Crippen LogP contribution < -0.4 is 15.9 Å². The van der Waals surface area contributed by atoms with Crippen LogP contribution in [0.1, 0.15) is 16.8 Å². The molecule has 132 valence electrons. The Morgan fingerprint density at radius 3 is 2.65 bits per heavy atom. The van der Waals surface area contributed by atoms with Gasteiger partial charge >= 0.3 is 5.69 Å². The fourth-order valence-electron chi connectivity index (χ4n) is 2.06. The molecule has 0 radical (unpaired) electrons. The fraction of sp³-hybridized carbons (Fsp3) is 0.111. The highest BCUT2D eigenvalue weighted by Gasteiger charge is 2.00. The second-order valence-corrected chi connectivity index (χ2v) is 5.87. The number of halogens is 1. The van der Waals surface area contributed by atoms with E-state index in [1.165, 1.54) is 0 Å². The zero-order chi connectivity index (χ0) is 18.4. The van der Waals surface area contributed by atoms with Crippen LogP contribution in [0.25, 0.3) is 0 Å². The van der Waals surface area contributed by atoms with Crippen molar-refractivity contribution in [2.75, 3.05) is 5.43 Å². The van der Waals surface area contributed by atoms with Gasteiger partial charge in [0.1, 0.15) is 18.1 Å². The van der Waals surface area contributed by atoms with Gasteiger partial charge in [-0.2, -0.15) is 15.2 Å². The summed E-state index contributed by atoms with van der Waals surface area (Å²) in [6.07, 6.45) is 1.62. The van der Waals surface area contributed by atoms with Gasteiger partial charge in [-0.25, -0.2) is 9.89 Å². The van der Waals surface area contributed by atoms with E-state index in [1.807, 2.05) is 48.5 Å². The van der Waals surface area contributed by atoms with E-state index in [-0.39, 0.29) is 0 Å². The summed E-state index contributed by atoms with van der Waals surface area (Å²) in [5, 5.41) is 10.8. The van der Waals surface area contributed by atoms with Gasteiger partial charge in [0.05, 0.1) is 6.21 Å². The summed E-state index contributed by atoms with van der Waals surface area (Å²) in [6.45, 7) is 2.18. The number of rotatable bonds is 6. The molecular weight excluding hydrogens is 354 g/mol. The van der Waals surface area contributed by atoms with Gasteiger partial charge in [0.25, 0.3) is 0 Å². The lowest BCUT2D eigenvalue weighted by molar-refractivity contribution is 0.306. The molecule has 0 saturated heterocycles. The van der Waals surface area contributed by atoms with Crippen molar-refractivity contribution in [1.82, 2.24) is 15.2 Å². The van der Waals surface area contributed by atoms with Crippen LogP contribution in [0.4, 0.5) is 5.82 Å². The zero-order valence-electron chi connectivity index (χ0n) is 13.9. The molecule has 2 aromatic carbocycles. The van der Waals surface area contributed by atoms with Crippen LogP contribution in [0.5, 0.6) is 5.75 Å². The van der Waals surface area contributed by atoms with Crippen molar-refractivity contribution in [1.29, 1.82) is 0 Å². The van der Waals surface area contributed by atoms with Crippen molar-refractivity contribution in [3.8, 4) is 5.75 Å². The first-order chi connectivity index (χ1) is 12.6. The van der Waals surface area contributed by atoms with Gasteiger partial charge in [-0.15, -0.1) is 0 Å². The van der Waals surface area contributed by atoms with Gasteiger partial charge < -0.3 is 4.74 Å². The second kappa shape index (κ2) is 8.26. The van der Waals surface area contributed by atoms with E-state index in [0.29, 0.717) is 23.1 Å². The Balaban J connectivity index is 1.56. The average molecular weight is 370 g/mol. The number of nitrogens with one attached hydrogen (secondary N) is 2. The smallest absolute Gasteiger partial charge is 0.363 e. The first-order valence-corrected chi connectivity index (χ1v) is 8.18. The third-order valence-corrected chi connectivity index (χ3v) is 3.71. The molecule has 7 nitrogen and oxygen atoms in total. The molecule has 0 amide bonds. The summed E-state index contributed by atoms with van der Waals surface area (Å²) in [6, 6.07) is 15.0. The predicted molar refractivity (Wildman–Crippen MR) is 101 cm³/mol. The highest BCUT2D eigenvalue weighted by atomic mass is 35.5. The Kier molecular flexibility index (Phi) is 5.60. The van der Waals surface area contributed by atoms with Crippen molar-refractivity contribution in [3.63, 3.8) is 0 Å². The van der Waals surface area contributed by atoms with Gasteiger partial charge in [0.15, 0.2) is 5.82 Å². The van der Waals surface area contributed by atoms with Crippen LogP contribution in [-0.2, 0) is 6.61 Å². The van der Waals surface area contributed by atoms with Gasteiger partial charge in [0, 0.05) is 5.02 Å². The summed E-state index contributed by atoms with van der Waals surface area (Å²) in [5.74, 6) is 1.06. The topological polar surface area (TPSA) is 92.3 Å². The SMILES string of the molecule is Cc1n[nH]c(=O)nc1N/N=C\c1ccc(OCc2ccc(Cl)cc2)cc1. The van der Waals surface area contributed by atoms with Crippen molar-refractivity contribution >= 4 is 23.6 Å². The zero-order valence-corrected chi connectivity index (χ0v) is 14.7. The number of hydrogen-bond donors (Lipinski definition) is 2. The predicted octanol–water partition coefficient (Wildman–Crippen LogP) is 3.15. The molecule has 1 aromatic heterocycles. The number of aryl methyl sites for hydroxylation is 1. The highest BCUT2D eigenvalue weighted by molar-refractivity contribution is 6.30. The standard InChI is InChI=1S/C18H16ClN5O2/c1-12-17(21-18(25)24-22-12)23-20-10-13-4-8-16(9-5-13)26-11-14-2-6-15(19)7-3-14/h2-10H,11H2,1H3,(H2,21,23,24,25)/b20-10-. The van der Waals surface area contributed by atoms with E-state index in [1.54, 1.807) is 13.1 Å². The molecule has 0 atom stereocenters. The molecule has 2 N–H and O–H groups in total. The van der Waals surface area contributed by atoms with Crippen LogP contribution in [0, 0.1) is 6.92 Å². The van der Waals surface area contributed by atoms with Crippen LogP contribution in [0.3, 0.4) is 0 Å². The number of benzene rings is 2. The third kappa shape index (κ3) is 4.90. The fourth-order valence-corrected chi connectivity index (χ4v) is 2.19. The quantitative estimate of drug-likeness (QED) is 0.514. The maximum Gasteiger partial charge on any atom is 0.363 e. The maximum absolute atomic E-state index is 11.2. The molecule has 8 heteroatoms. The number of hydrogen-bond acceptors (Lipinski definition) is 6. The van der Waals surface area contributed by atoms with Gasteiger partial charge in [-0.3, -0.25) is 5.43 Å². The van der Waals surface area contributed by atoms with E-state index in [0.717, 1.165) is 16.9 Å². The minimum Gasteiger partial charge on any atom is -0.489 e. The molecule has 0 fully saturated rings. The normalized spacial score (nSPS) is 10.8. The molecule has 0 aliphatic carbocycles. The van der Waals surface area contributed by atoms with Crippen molar-refractivity contribution < 1.29 is 4.74 Å². The number of nitrogens with zero attached hydrogens (tertiary/aromatic N) is 3. The van der Waals surface area contributed by atoms with Crippen molar-refractivity contribution in [2.24, 2.45) is 5.10 Å².